The number of rotatable bonds is 7. The lowest BCUT2D eigenvalue weighted by molar-refractivity contribution is 0.601. The van der Waals surface area contributed by atoms with E-state index < -0.39 is 0 Å². The molecular weight excluding hydrogens is 667 g/mol. The highest BCUT2D eigenvalue weighted by Crippen LogP contribution is 2.40. The maximum absolute atomic E-state index is 6.49. The second-order valence-electron chi connectivity index (χ2n) is 14.1. The molecule has 2 heteroatoms. The molecule has 0 fully saturated rings. The van der Waals surface area contributed by atoms with Crippen molar-refractivity contribution < 1.29 is 4.42 Å². The van der Waals surface area contributed by atoms with Crippen molar-refractivity contribution in [3.63, 3.8) is 0 Å². The van der Waals surface area contributed by atoms with Crippen LogP contribution in [0.3, 0.4) is 0 Å². The van der Waals surface area contributed by atoms with Gasteiger partial charge in [0, 0.05) is 33.6 Å². The highest BCUT2D eigenvalue weighted by Gasteiger charge is 2.18. The van der Waals surface area contributed by atoms with Crippen molar-refractivity contribution in [2.45, 2.75) is 6.42 Å². The maximum Gasteiger partial charge on any atom is 0.142 e. The molecule has 8 aromatic carbocycles. The van der Waals surface area contributed by atoms with Gasteiger partial charge in [-0.15, -0.1) is 0 Å². The number of anilines is 3. The summed E-state index contributed by atoms with van der Waals surface area (Å²) in [6, 6.07) is 67.7. The van der Waals surface area contributed by atoms with Crippen LogP contribution in [0.2, 0.25) is 0 Å². The first-order valence-electron chi connectivity index (χ1n) is 18.9. The van der Waals surface area contributed by atoms with E-state index in [0.717, 1.165) is 46.0 Å². The summed E-state index contributed by atoms with van der Waals surface area (Å²) >= 11 is 0. The monoisotopic (exact) mass is 703 g/mol. The number of hydrogen-bond acceptors (Lipinski definition) is 2. The quantitative estimate of drug-likeness (QED) is 0.164. The van der Waals surface area contributed by atoms with Crippen LogP contribution >= 0.6 is 0 Å². The van der Waals surface area contributed by atoms with Crippen LogP contribution in [0.15, 0.2) is 211 Å². The van der Waals surface area contributed by atoms with Gasteiger partial charge in [0.15, 0.2) is 0 Å². The Balaban J connectivity index is 1.02. The minimum atomic E-state index is 0.865. The molecule has 1 aromatic heterocycles. The second kappa shape index (κ2) is 14.0. The first-order chi connectivity index (χ1) is 27.3. The Hall–Kier alpha value is -7.16. The van der Waals surface area contributed by atoms with Crippen LogP contribution in [0, 0.1) is 0 Å². The molecule has 0 N–H and O–H groups in total. The highest BCUT2D eigenvalue weighted by molar-refractivity contribution is 5.98. The van der Waals surface area contributed by atoms with Gasteiger partial charge in [-0.05, 0) is 98.6 Å². The lowest BCUT2D eigenvalue weighted by Gasteiger charge is -2.26. The third-order valence-electron chi connectivity index (χ3n) is 10.8. The first-order valence-corrected chi connectivity index (χ1v) is 18.9. The third-order valence-corrected chi connectivity index (χ3v) is 10.8. The van der Waals surface area contributed by atoms with Crippen molar-refractivity contribution in [3.05, 3.63) is 218 Å². The third kappa shape index (κ3) is 6.14. The minimum absolute atomic E-state index is 0.865. The van der Waals surface area contributed by atoms with Gasteiger partial charge in [0.1, 0.15) is 11.3 Å². The van der Waals surface area contributed by atoms with E-state index in [1.54, 1.807) is 0 Å². The van der Waals surface area contributed by atoms with Gasteiger partial charge in [-0.25, -0.2) is 0 Å². The van der Waals surface area contributed by atoms with Gasteiger partial charge in [-0.3, -0.25) is 0 Å². The molecule has 0 unspecified atom stereocenters. The average Bonchev–Trinajstić information content (AvgIpc) is 3.45. The Bertz CT molecular complexity index is 2840. The Labute approximate surface area is 321 Å². The molecule has 1 aliphatic carbocycles. The standard InChI is InChI=1S/C53H37NO/c1-3-11-37(12-4-1)38-21-23-39(24-22-38)40-25-31-44(32-26-40)54(45-33-27-42(28-34-45)48-17-9-14-41-13-7-8-15-47(41)48)46-35-29-43(30-36-46)49-18-10-19-51-50-16-5-2-6-20-52(50)55-53(49)51/h1-15,17-36H,16H2. The Kier molecular flexibility index (Phi) is 8.27. The van der Waals surface area contributed by atoms with Crippen LogP contribution in [0.25, 0.3) is 72.3 Å². The van der Waals surface area contributed by atoms with E-state index in [0.29, 0.717) is 0 Å². The van der Waals surface area contributed by atoms with E-state index in [1.807, 2.05) is 0 Å². The molecule has 0 radical (unpaired) electrons. The number of nitrogens with zero attached hydrogens (tertiary/aromatic N) is 1. The van der Waals surface area contributed by atoms with Crippen LogP contribution in [-0.4, -0.2) is 0 Å². The maximum atomic E-state index is 6.49. The zero-order valence-corrected chi connectivity index (χ0v) is 30.3. The summed E-state index contributed by atoms with van der Waals surface area (Å²) in [6.45, 7) is 0. The van der Waals surface area contributed by atoms with Crippen molar-refractivity contribution in [3.8, 4) is 44.5 Å². The molecule has 0 amide bonds. The highest BCUT2D eigenvalue weighted by atomic mass is 16.3. The SMILES string of the molecule is C1=CCc2c(oc3c(-c4ccc(N(c5ccc(-c6ccc(-c7ccccc7)cc6)cc5)c5ccc(-c6cccc7ccccc67)cc5)cc4)cccc23)C=C1. The number of para-hydroxylation sites is 1. The van der Waals surface area contributed by atoms with E-state index in [1.165, 1.54) is 55.1 Å². The fraction of sp³-hybridized carbons (Fsp3) is 0.0189. The molecule has 55 heavy (non-hydrogen) atoms. The van der Waals surface area contributed by atoms with Crippen LogP contribution in [-0.2, 0) is 6.42 Å². The normalized spacial score (nSPS) is 12.1. The fourth-order valence-electron chi connectivity index (χ4n) is 7.96. The predicted octanol–water partition coefficient (Wildman–Crippen LogP) is 14.8. The fourth-order valence-corrected chi connectivity index (χ4v) is 7.96. The Morgan fingerprint density at radius 3 is 1.55 bits per heavy atom. The van der Waals surface area contributed by atoms with Crippen molar-refractivity contribution in [2.24, 2.45) is 0 Å². The summed E-state index contributed by atoms with van der Waals surface area (Å²) in [7, 11) is 0. The van der Waals surface area contributed by atoms with Crippen molar-refractivity contribution in [1.29, 1.82) is 0 Å². The van der Waals surface area contributed by atoms with Gasteiger partial charge in [0.2, 0.25) is 0 Å². The topological polar surface area (TPSA) is 16.4 Å². The molecule has 0 bridgehead atoms. The van der Waals surface area contributed by atoms with Crippen LogP contribution in [0.1, 0.15) is 11.3 Å². The second-order valence-corrected chi connectivity index (χ2v) is 14.1. The van der Waals surface area contributed by atoms with Gasteiger partial charge in [0.05, 0.1) is 0 Å². The zero-order chi connectivity index (χ0) is 36.6. The Morgan fingerprint density at radius 1 is 0.382 bits per heavy atom. The number of allylic oxidation sites excluding steroid dienone is 3. The number of furan rings is 1. The predicted molar refractivity (Wildman–Crippen MR) is 232 cm³/mol. The summed E-state index contributed by atoms with van der Waals surface area (Å²) in [5.74, 6) is 0.942. The molecule has 1 aliphatic rings. The van der Waals surface area contributed by atoms with Gasteiger partial charge in [0.25, 0.3) is 0 Å². The van der Waals surface area contributed by atoms with E-state index in [9.17, 15) is 0 Å². The van der Waals surface area contributed by atoms with E-state index in [4.69, 9.17) is 4.42 Å². The number of fused-ring (bicyclic) bond motifs is 4. The molecule has 9 aromatic rings. The van der Waals surface area contributed by atoms with Gasteiger partial charge in [-0.2, -0.15) is 0 Å². The van der Waals surface area contributed by atoms with E-state index >= 15 is 0 Å². The van der Waals surface area contributed by atoms with Crippen molar-refractivity contribution >= 4 is 44.9 Å². The molecular formula is C53H37NO. The summed E-state index contributed by atoms with van der Waals surface area (Å²) in [5, 5.41) is 3.68. The van der Waals surface area contributed by atoms with Crippen LogP contribution < -0.4 is 4.90 Å². The smallest absolute Gasteiger partial charge is 0.142 e. The molecule has 0 atom stereocenters. The lowest BCUT2D eigenvalue weighted by atomic mass is 9.98. The summed E-state index contributed by atoms with van der Waals surface area (Å²) in [4.78, 5) is 2.34. The van der Waals surface area contributed by atoms with E-state index in [2.05, 4.69) is 217 Å². The lowest BCUT2D eigenvalue weighted by Crippen LogP contribution is -2.09. The molecule has 1 heterocycles. The summed E-state index contributed by atoms with van der Waals surface area (Å²) in [6.07, 6.45) is 9.27. The molecule has 260 valence electrons. The van der Waals surface area contributed by atoms with Gasteiger partial charge in [-0.1, -0.05) is 170 Å². The number of hydrogen-bond donors (Lipinski definition) is 0. The van der Waals surface area contributed by atoms with Crippen LogP contribution in [0.5, 0.6) is 0 Å². The van der Waals surface area contributed by atoms with Crippen LogP contribution in [0.4, 0.5) is 17.1 Å². The number of benzene rings is 8. The Morgan fingerprint density at radius 2 is 0.873 bits per heavy atom. The summed E-state index contributed by atoms with van der Waals surface area (Å²) in [5.41, 5.74) is 14.9. The molecule has 2 nitrogen and oxygen atoms in total. The first kappa shape index (κ1) is 32.5. The molecule has 10 rings (SSSR count). The van der Waals surface area contributed by atoms with Gasteiger partial charge >= 0.3 is 0 Å². The largest absolute Gasteiger partial charge is 0.456 e. The molecule has 0 aliphatic heterocycles. The van der Waals surface area contributed by atoms with Crippen molar-refractivity contribution in [1.82, 2.24) is 0 Å². The summed E-state index contributed by atoms with van der Waals surface area (Å²) < 4.78 is 6.49. The average molecular weight is 704 g/mol. The van der Waals surface area contributed by atoms with E-state index in [-0.39, 0.29) is 0 Å². The minimum Gasteiger partial charge on any atom is -0.456 e. The molecule has 0 saturated heterocycles. The molecule has 0 saturated carbocycles. The van der Waals surface area contributed by atoms with Crippen molar-refractivity contribution in [2.75, 3.05) is 4.90 Å². The van der Waals surface area contributed by atoms with Gasteiger partial charge < -0.3 is 9.32 Å². The zero-order valence-electron chi connectivity index (χ0n) is 30.3. The molecule has 0 spiro atoms.